The number of hydrogen-bond donors (Lipinski definition) is 2. The van der Waals surface area contributed by atoms with E-state index in [0.29, 0.717) is 24.6 Å². The predicted octanol–water partition coefficient (Wildman–Crippen LogP) is 2.20. The Bertz CT molecular complexity index is 450. The smallest absolute Gasteiger partial charge is 0.254 e. The molecular formula is C15H25N3O2. The van der Waals surface area contributed by atoms with Gasteiger partial charge in [-0.25, -0.2) is 0 Å². The molecule has 0 radical (unpaired) electrons. The minimum absolute atomic E-state index is 0.137. The molecular weight excluding hydrogens is 254 g/mol. The lowest BCUT2D eigenvalue weighted by Gasteiger charge is -2.13. The molecule has 2 rings (SSSR count). The highest BCUT2D eigenvalue weighted by Crippen LogP contribution is 2.30. The van der Waals surface area contributed by atoms with Crippen molar-refractivity contribution in [1.82, 2.24) is 15.1 Å². The Morgan fingerprint density at radius 2 is 2.25 bits per heavy atom. The lowest BCUT2D eigenvalue weighted by Crippen LogP contribution is -2.32. The van der Waals surface area contributed by atoms with Crippen molar-refractivity contribution in [2.24, 2.45) is 0 Å². The third kappa shape index (κ3) is 3.39. The predicted molar refractivity (Wildman–Crippen MR) is 77.7 cm³/mol. The molecule has 112 valence electrons. The number of nitrogens with one attached hydrogen (secondary N) is 1. The molecule has 20 heavy (non-hydrogen) atoms. The van der Waals surface area contributed by atoms with E-state index in [0.717, 1.165) is 25.0 Å². The molecule has 1 unspecified atom stereocenters. The summed E-state index contributed by atoms with van der Waals surface area (Å²) in [4.78, 5) is 12.1. The maximum atomic E-state index is 12.1. The van der Waals surface area contributed by atoms with Crippen LogP contribution in [-0.2, 0) is 0 Å². The van der Waals surface area contributed by atoms with Crippen LogP contribution in [-0.4, -0.2) is 33.4 Å². The Hall–Kier alpha value is -1.36. The number of aliphatic hydroxyl groups excluding tert-OH is 1. The largest absolute Gasteiger partial charge is 0.391 e. The zero-order valence-corrected chi connectivity index (χ0v) is 12.4. The summed E-state index contributed by atoms with van der Waals surface area (Å²) in [6, 6.07) is 0.447. The van der Waals surface area contributed by atoms with Crippen LogP contribution in [0.2, 0.25) is 0 Å². The van der Waals surface area contributed by atoms with Crippen molar-refractivity contribution in [1.29, 1.82) is 0 Å². The molecule has 0 spiro atoms. The van der Waals surface area contributed by atoms with Crippen LogP contribution >= 0.6 is 0 Å². The van der Waals surface area contributed by atoms with Crippen molar-refractivity contribution in [3.8, 4) is 0 Å². The maximum Gasteiger partial charge on any atom is 0.254 e. The summed E-state index contributed by atoms with van der Waals surface area (Å²) in [6.45, 7) is 4.27. The van der Waals surface area contributed by atoms with Gasteiger partial charge in [0.2, 0.25) is 0 Å². The summed E-state index contributed by atoms with van der Waals surface area (Å²) >= 11 is 0. The third-order valence-corrected chi connectivity index (χ3v) is 4.08. The minimum atomic E-state index is -0.464. The second-order valence-corrected chi connectivity index (χ2v) is 5.68. The molecule has 1 aromatic rings. The highest BCUT2D eigenvalue weighted by atomic mass is 16.3. The van der Waals surface area contributed by atoms with Crippen LogP contribution in [0.5, 0.6) is 0 Å². The monoisotopic (exact) mass is 279 g/mol. The molecule has 1 amide bonds. The Balaban J connectivity index is 1.96. The molecule has 0 bridgehead atoms. The van der Waals surface area contributed by atoms with Gasteiger partial charge in [-0.15, -0.1) is 0 Å². The van der Waals surface area contributed by atoms with Crippen LogP contribution in [0.15, 0.2) is 6.20 Å². The van der Waals surface area contributed by atoms with Gasteiger partial charge in [0.25, 0.3) is 5.91 Å². The number of carbonyl (C=O) groups excluding carboxylic acids is 1. The van der Waals surface area contributed by atoms with Crippen molar-refractivity contribution in [2.75, 3.05) is 6.54 Å². The summed E-state index contributed by atoms with van der Waals surface area (Å²) in [7, 11) is 0. The molecule has 1 aliphatic rings. The van der Waals surface area contributed by atoms with Gasteiger partial charge in [-0.3, -0.25) is 9.48 Å². The Labute approximate surface area is 120 Å². The number of amides is 1. The molecule has 2 N–H and O–H groups in total. The van der Waals surface area contributed by atoms with E-state index in [9.17, 15) is 9.90 Å². The highest BCUT2D eigenvalue weighted by molar-refractivity contribution is 5.95. The fourth-order valence-electron chi connectivity index (χ4n) is 2.90. The summed E-state index contributed by atoms with van der Waals surface area (Å²) in [5.74, 6) is -0.137. The normalized spacial score (nSPS) is 17.4. The van der Waals surface area contributed by atoms with Crippen LogP contribution in [0.1, 0.15) is 67.5 Å². The fourth-order valence-corrected chi connectivity index (χ4v) is 2.90. The van der Waals surface area contributed by atoms with E-state index >= 15 is 0 Å². The molecule has 5 nitrogen and oxygen atoms in total. The molecule has 1 saturated carbocycles. The van der Waals surface area contributed by atoms with Gasteiger partial charge in [0, 0.05) is 12.2 Å². The van der Waals surface area contributed by atoms with Crippen molar-refractivity contribution in [2.45, 2.75) is 64.5 Å². The zero-order chi connectivity index (χ0) is 14.5. The molecule has 5 heteroatoms. The number of rotatable bonds is 6. The van der Waals surface area contributed by atoms with E-state index in [1.807, 2.05) is 18.5 Å². The Morgan fingerprint density at radius 3 is 2.90 bits per heavy atom. The third-order valence-electron chi connectivity index (χ3n) is 4.08. The molecule has 1 heterocycles. The van der Waals surface area contributed by atoms with E-state index in [1.165, 1.54) is 12.8 Å². The van der Waals surface area contributed by atoms with E-state index in [2.05, 4.69) is 10.4 Å². The summed E-state index contributed by atoms with van der Waals surface area (Å²) < 4.78 is 1.99. The first-order valence-corrected chi connectivity index (χ1v) is 7.63. The van der Waals surface area contributed by atoms with Crippen molar-refractivity contribution in [3.05, 3.63) is 17.5 Å². The SMILES string of the molecule is CCCC(O)CNC(=O)c1cnn(C2CCCC2)c1C. The van der Waals surface area contributed by atoms with E-state index in [4.69, 9.17) is 0 Å². The lowest BCUT2D eigenvalue weighted by atomic mass is 10.2. The number of aromatic nitrogens is 2. The molecule has 1 fully saturated rings. The van der Waals surface area contributed by atoms with Gasteiger partial charge in [-0.1, -0.05) is 26.2 Å². The van der Waals surface area contributed by atoms with Gasteiger partial charge in [0.15, 0.2) is 0 Å². The minimum Gasteiger partial charge on any atom is -0.391 e. The van der Waals surface area contributed by atoms with Gasteiger partial charge in [-0.05, 0) is 26.2 Å². The molecule has 1 aromatic heterocycles. The molecule has 0 aliphatic heterocycles. The van der Waals surface area contributed by atoms with Crippen molar-refractivity contribution < 1.29 is 9.90 Å². The number of hydrogen-bond acceptors (Lipinski definition) is 3. The van der Waals surface area contributed by atoms with Gasteiger partial charge >= 0.3 is 0 Å². The zero-order valence-electron chi connectivity index (χ0n) is 12.4. The van der Waals surface area contributed by atoms with Crippen molar-refractivity contribution >= 4 is 5.91 Å². The highest BCUT2D eigenvalue weighted by Gasteiger charge is 2.22. The van der Waals surface area contributed by atoms with Crippen LogP contribution in [0.3, 0.4) is 0 Å². The average molecular weight is 279 g/mol. The summed E-state index contributed by atoms with van der Waals surface area (Å²) in [5.41, 5.74) is 1.56. The molecule has 1 aliphatic carbocycles. The van der Waals surface area contributed by atoms with E-state index in [1.54, 1.807) is 6.20 Å². The van der Waals surface area contributed by atoms with E-state index in [-0.39, 0.29) is 5.91 Å². The second-order valence-electron chi connectivity index (χ2n) is 5.68. The standard InChI is InChI=1S/C15H25N3O2/c1-3-6-13(19)9-16-15(20)14-10-17-18(11(14)2)12-7-4-5-8-12/h10,12-13,19H,3-9H2,1-2H3,(H,16,20). The molecule has 1 atom stereocenters. The van der Waals surface area contributed by atoms with Crippen molar-refractivity contribution in [3.63, 3.8) is 0 Å². The van der Waals surface area contributed by atoms with Crippen LogP contribution in [0, 0.1) is 6.92 Å². The van der Waals surface area contributed by atoms with Gasteiger partial charge in [-0.2, -0.15) is 5.10 Å². The molecule has 0 aromatic carbocycles. The van der Waals surface area contributed by atoms with E-state index < -0.39 is 6.10 Å². The first-order valence-electron chi connectivity index (χ1n) is 7.63. The molecule has 0 saturated heterocycles. The van der Waals surface area contributed by atoms with Crippen LogP contribution in [0.4, 0.5) is 0 Å². The van der Waals surface area contributed by atoms with Crippen LogP contribution in [0.25, 0.3) is 0 Å². The van der Waals surface area contributed by atoms with Crippen LogP contribution < -0.4 is 5.32 Å². The summed E-state index contributed by atoms with van der Waals surface area (Å²) in [5, 5.41) is 16.8. The number of carbonyl (C=O) groups is 1. The number of nitrogens with zero attached hydrogens (tertiary/aromatic N) is 2. The quantitative estimate of drug-likeness (QED) is 0.839. The van der Waals surface area contributed by atoms with Gasteiger partial charge < -0.3 is 10.4 Å². The topological polar surface area (TPSA) is 67.2 Å². The first kappa shape index (κ1) is 15.0. The van der Waals surface area contributed by atoms with Gasteiger partial charge in [0.1, 0.15) is 0 Å². The Kier molecular flexibility index (Phi) is 5.17. The fraction of sp³-hybridized carbons (Fsp3) is 0.733. The average Bonchev–Trinajstić information content (AvgIpc) is 3.05. The van der Waals surface area contributed by atoms with Gasteiger partial charge in [0.05, 0.1) is 23.9 Å². The number of aliphatic hydroxyl groups is 1. The summed E-state index contributed by atoms with van der Waals surface area (Å²) in [6.07, 6.45) is 7.60. The maximum absolute atomic E-state index is 12.1. The second kappa shape index (κ2) is 6.88. The first-order chi connectivity index (χ1) is 9.63. The lowest BCUT2D eigenvalue weighted by molar-refractivity contribution is 0.0909. The Morgan fingerprint density at radius 1 is 1.55 bits per heavy atom.